The molecule has 1 unspecified atom stereocenters. The van der Waals surface area contributed by atoms with E-state index in [0.29, 0.717) is 12.6 Å². The maximum absolute atomic E-state index is 6.13. The molecule has 0 fully saturated rings. The van der Waals surface area contributed by atoms with Crippen LogP contribution in [-0.4, -0.2) is 7.05 Å². The second kappa shape index (κ2) is 7.32. The molecule has 20 heavy (non-hydrogen) atoms. The van der Waals surface area contributed by atoms with Crippen molar-refractivity contribution in [3.63, 3.8) is 0 Å². The van der Waals surface area contributed by atoms with Crippen molar-refractivity contribution < 1.29 is 4.74 Å². The van der Waals surface area contributed by atoms with E-state index in [4.69, 9.17) is 16.3 Å². The summed E-state index contributed by atoms with van der Waals surface area (Å²) in [5.74, 6) is 0.871. The number of hydrogen-bond acceptors (Lipinski definition) is 2. The van der Waals surface area contributed by atoms with Crippen LogP contribution < -0.4 is 10.1 Å². The lowest BCUT2D eigenvalue weighted by molar-refractivity contribution is 0.305. The molecule has 2 aromatic rings. The van der Waals surface area contributed by atoms with Crippen molar-refractivity contribution in [1.29, 1.82) is 0 Å². The van der Waals surface area contributed by atoms with Gasteiger partial charge < -0.3 is 10.1 Å². The lowest BCUT2D eigenvalue weighted by Gasteiger charge is -2.15. The van der Waals surface area contributed by atoms with E-state index in [1.807, 2.05) is 43.4 Å². The molecular weight excluding hydrogens is 270 g/mol. The minimum absolute atomic E-state index is 0.360. The van der Waals surface area contributed by atoms with Crippen molar-refractivity contribution in [1.82, 2.24) is 5.32 Å². The average molecular weight is 290 g/mol. The number of rotatable bonds is 6. The van der Waals surface area contributed by atoms with E-state index in [9.17, 15) is 0 Å². The van der Waals surface area contributed by atoms with Gasteiger partial charge in [0.25, 0.3) is 0 Å². The first-order valence-electron chi connectivity index (χ1n) is 6.88. The SMILES string of the molecule is CCC(NC)c1cccc(OCc2ccccc2Cl)c1. The Kier molecular flexibility index (Phi) is 5.45. The maximum atomic E-state index is 6.13. The summed E-state index contributed by atoms with van der Waals surface area (Å²) in [6.45, 7) is 2.65. The Balaban J connectivity index is 2.07. The highest BCUT2D eigenvalue weighted by Crippen LogP contribution is 2.23. The Bertz CT molecular complexity index is 552. The Morgan fingerprint density at radius 3 is 2.65 bits per heavy atom. The van der Waals surface area contributed by atoms with Gasteiger partial charge in [-0.15, -0.1) is 0 Å². The zero-order chi connectivity index (χ0) is 14.4. The van der Waals surface area contributed by atoms with Crippen LogP contribution in [0.1, 0.15) is 30.5 Å². The lowest BCUT2D eigenvalue weighted by Crippen LogP contribution is -2.15. The second-order valence-electron chi connectivity index (χ2n) is 4.70. The monoisotopic (exact) mass is 289 g/mol. The first-order chi connectivity index (χ1) is 9.74. The third-order valence-corrected chi connectivity index (χ3v) is 3.74. The fraction of sp³-hybridized carbons (Fsp3) is 0.294. The van der Waals surface area contributed by atoms with Gasteiger partial charge in [-0.3, -0.25) is 0 Å². The van der Waals surface area contributed by atoms with Gasteiger partial charge in [0.05, 0.1) is 0 Å². The summed E-state index contributed by atoms with van der Waals surface area (Å²) in [5, 5.41) is 4.04. The Labute approximate surface area is 125 Å². The van der Waals surface area contributed by atoms with E-state index in [1.54, 1.807) is 0 Å². The Hall–Kier alpha value is -1.51. The van der Waals surface area contributed by atoms with E-state index >= 15 is 0 Å². The van der Waals surface area contributed by atoms with Gasteiger partial charge in [-0.1, -0.05) is 48.9 Å². The highest BCUT2D eigenvalue weighted by molar-refractivity contribution is 6.31. The number of ether oxygens (including phenoxy) is 1. The summed E-state index contributed by atoms with van der Waals surface area (Å²) in [5.41, 5.74) is 2.24. The molecule has 1 atom stereocenters. The summed E-state index contributed by atoms with van der Waals surface area (Å²) < 4.78 is 5.84. The standard InChI is InChI=1S/C17H20ClNO/c1-3-17(19-2)13-8-6-9-15(11-13)20-12-14-7-4-5-10-16(14)18/h4-11,17,19H,3,12H2,1-2H3. The zero-order valence-corrected chi connectivity index (χ0v) is 12.7. The quantitative estimate of drug-likeness (QED) is 0.840. The Morgan fingerprint density at radius 1 is 1.15 bits per heavy atom. The third-order valence-electron chi connectivity index (χ3n) is 3.37. The molecule has 0 amide bonds. The largest absolute Gasteiger partial charge is 0.489 e. The summed E-state index contributed by atoms with van der Waals surface area (Å²) in [4.78, 5) is 0. The molecule has 0 aliphatic rings. The maximum Gasteiger partial charge on any atom is 0.120 e. The smallest absolute Gasteiger partial charge is 0.120 e. The van der Waals surface area contributed by atoms with E-state index in [2.05, 4.69) is 24.4 Å². The van der Waals surface area contributed by atoms with Crippen molar-refractivity contribution in [2.45, 2.75) is 26.0 Å². The van der Waals surface area contributed by atoms with Gasteiger partial charge in [-0.2, -0.15) is 0 Å². The van der Waals surface area contributed by atoms with E-state index in [0.717, 1.165) is 22.8 Å². The molecule has 106 valence electrons. The normalized spacial score (nSPS) is 12.2. The molecule has 0 radical (unpaired) electrons. The fourth-order valence-electron chi connectivity index (χ4n) is 2.20. The summed E-state index contributed by atoms with van der Waals surface area (Å²) in [7, 11) is 1.98. The molecule has 0 spiro atoms. The molecule has 2 rings (SSSR count). The first kappa shape index (κ1) is 14.9. The van der Waals surface area contributed by atoms with Crippen LogP contribution in [0, 0.1) is 0 Å². The molecule has 3 heteroatoms. The van der Waals surface area contributed by atoms with Crippen LogP contribution in [0.2, 0.25) is 5.02 Å². The minimum atomic E-state index is 0.360. The van der Waals surface area contributed by atoms with Crippen LogP contribution >= 0.6 is 11.6 Å². The predicted octanol–water partition coefficient (Wildman–Crippen LogP) is 4.59. The predicted molar refractivity (Wildman–Crippen MR) is 84.3 cm³/mol. The molecule has 0 saturated carbocycles. The molecule has 0 saturated heterocycles. The summed E-state index contributed by atoms with van der Waals surface area (Å²) in [6, 6.07) is 16.3. The highest BCUT2D eigenvalue weighted by Gasteiger charge is 2.07. The Morgan fingerprint density at radius 2 is 1.95 bits per heavy atom. The molecule has 2 aromatic carbocycles. The third kappa shape index (κ3) is 3.75. The number of hydrogen-bond donors (Lipinski definition) is 1. The summed E-state index contributed by atoms with van der Waals surface area (Å²) in [6.07, 6.45) is 1.05. The molecule has 0 aliphatic heterocycles. The first-order valence-corrected chi connectivity index (χ1v) is 7.25. The average Bonchev–Trinajstić information content (AvgIpc) is 2.48. The van der Waals surface area contributed by atoms with Crippen molar-refractivity contribution in [3.8, 4) is 5.75 Å². The van der Waals surface area contributed by atoms with Gasteiger partial charge in [0.1, 0.15) is 12.4 Å². The molecule has 0 aliphatic carbocycles. The fourth-order valence-corrected chi connectivity index (χ4v) is 2.39. The van der Waals surface area contributed by atoms with Crippen LogP contribution in [0.3, 0.4) is 0 Å². The van der Waals surface area contributed by atoms with E-state index < -0.39 is 0 Å². The second-order valence-corrected chi connectivity index (χ2v) is 5.11. The van der Waals surface area contributed by atoms with Crippen molar-refractivity contribution in [2.75, 3.05) is 7.05 Å². The van der Waals surface area contributed by atoms with Crippen LogP contribution in [0.5, 0.6) is 5.75 Å². The molecule has 1 N–H and O–H groups in total. The molecule has 0 bridgehead atoms. The van der Waals surface area contributed by atoms with Crippen LogP contribution in [-0.2, 0) is 6.61 Å². The summed E-state index contributed by atoms with van der Waals surface area (Å²) >= 11 is 6.13. The van der Waals surface area contributed by atoms with Gasteiger partial charge in [0, 0.05) is 16.6 Å². The van der Waals surface area contributed by atoms with Gasteiger partial charge in [-0.05, 0) is 37.2 Å². The van der Waals surface area contributed by atoms with Crippen LogP contribution in [0.4, 0.5) is 0 Å². The topological polar surface area (TPSA) is 21.3 Å². The molecule has 0 heterocycles. The van der Waals surface area contributed by atoms with Crippen molar-refractivity contribution in [2.24, 2.45) is 0 Å². The van der Waals surface area contributed by atoms with Crippen LogP contribution in [0.15, 0.2) is 48.5 Å². The van der Waals surface area contributed by atoms with Crippen molar-refractivity contribution >= 4 is 11.6 Å². The van der Waals surface area contributed by atoms with Gasteiger partial charge in [0.15, 0.2) is 0 Å². The number of nitrogens with one attached hydrogen (secondary N) is 1. The lowest BCUT2D eigenvalue weighted by atomic mass is 10.0. The minimum Gasteiger partial charge on any atom is -0.489 e. The van der Waals surface area contributed by atoms with E-state index in [1.165, 1.54) is 5.56 Å². The molecular formula is C17H20ClNO. The van der Waals surface area contributed by atoms with Gasteiger partial charge >= 0.3 is 0 Å². The molecule has 2 nitrogen and oxygen atoms in total. The van der Waals surface area contributed by atoms with Crippen molar-refractivity contribution in [3.05, 3.63) is 64.7 Å². The number of benzene rings is 2. The van der Waals surface area contributed by atoms with E-state index in [-0.39, 0.29) is 0 Å². The van der Waals surface area contributed by atoms with Gasteiger partial charge in [-0.25, -0.2) is 0 Å². The molecule has 0 aromatic heterocycles. The zero-order valence-electron chi connectivity index (χ0n) is 11.9. The number of halogens is 1. The van der Waals surface area contributed by atoms with Crippen LogP contribution in [0.25, 0.3) is 0 Å². The van der Waals surface area contributed by atoms with Gasteiger partial charge in [0.2, 0.25) is 0 Å². The highest BCUT2D eigenvalue weighted by atomic mass is 35.5.